The van der Waals surface area contributed by atoms with Gasteiger partial charge in [-0.25, -0.2) is 4.68 Å². The van der Waals surface area contributed by atoms with Gasteiger partial charge in [-0.15, -0.1) is 16.4 Å². The van der Waals surface area contributed by atoms with Gasteiger partial charge in [-0.1, -0.05) is 30.3 Å². The van der Waals surface area contributed by atoms with Crippen molar-refractivity contribution in [2.24, 2.45) is 0 Å². The third-order valence-corrected chi connectivity index (χ3v) is 6.79. The Labute approximate surface area is 162 Å². The molecular formula is C20H22N4S2. The quantitative estimate of drug-likeness (QED) is 0.577. The number of hydrogen-bond acceptors (Lipinski definition) is 4. The van der Waals surface area contributed by atoms with Gasteiger partial charge in [0, 0.05) is 12.1 Å². The molecule has 1 saturated carbocycles. The van der Waals surface area contributed by atoms with E-state index in [1.54, 1.807) is 11.3 Å². The molecule has 0 aliphatic heterocycles. The Balaban J connectivity index is 1.46. The summed E-state index contributed by atoms with van der Waals surface area (Å²) >= 11 is 7.55. The van der Waals surface area contributed by atoms with E-state index < -0.39 is 0 Å². The predicted octanol–water partition coefficient (Wildman–Crippen LogP) is 5.05. The summed E-state index contributed by atoms with van der Waals surface area (Å²) in [7, 11) is 2.19. The number of fused-ring (bicyclic) bond motifs is 1. The highest BCUT2D eigenvalue weighted by molar-refractivity contribution is 7.71. The third kappa shape index (κ3) is 2.76. The van der Waals surface area contributed by atoms with Crippen LogP contribution in [0.1, 0.15) is 42.5 Å². The fourth-order valence-electron chi connectivity index (χ4n) is 4.05. The summed E-state index contributed by atoms with van der Waals surface area (Å²) in [4.78, 5) is 3.60. The summed E-state index contributed by atoms with van der Waals surface area (Å²) in [5, 5.41) is 7.03. The van der Waals surface area contributed by atoms with Crippen molar-refractivity contribution in [2.75, 3.05) is 7.05 Å². The van der Waals surface area contributed by atoms with Crippen LogP contribution in [0.2, 0.25) is 0 Å². The Hall–Kier alpha value is -1.76. The second kappa shape index (κ2) is 6.44. The smallest absolute Gasteiger partial charge is 0.199 e. The van der Waals surface area contributed by atoms with Gasteiger partial charge in [0.2, 0.25) is 0 Å². The van der Waals surface area contributed by atoms with Crippen molar-refractivity contribution < 1.29 is 0 Å². The summed E-state index contributed by atoms with van der Waals surface area (Å²) in [6.45, 7) is 0.732. The molecule has 2 aliphatic carbocycles. The molecule has 5 rings (SSSR count). The maximum absolute atomic E-state index is 5.82. The molecule has 2 aliphatic rings. The minimum atomic E-state index is 0.448. The molecule has 0 bridgehead atoms. The van der Waals surface area contributed by atoms with E-state index in [4.69, 9.17) is 17.3 Å². The van der Waals surface area contributed by atoms with Crippen molar-refractivity contribution >= 4 is 23.6 Å². The molecule has 26 heavy (non-hydrogen) atoms. The summed E-state index contributed by atoms with van der Waals surface area (Å²) in [6, 6.07) is 14.0. The van der Waals surface area contributed by atoms with Crippen LogP contribution in [-0.2, 0) is 13.1 Å². The van der Waals surface area contributed by atoms with Crippen LogP contribution in [0, 0.1) is 4.77 Å². The molecule has 0 amide bonds. The standard InChI is InChI=1S/C20H22N4S2/c1-22(17-11-8-14-5-2-3-6-16(14)17)13-23-20(25)24(15-9-10-15)19(21-23)18-7-4-12-26-18/h2-7,12,15,17H,8-11,13H2,1H3. The average molecular weight is 383 g/mol. The van der Waals surface area contributed by atoms with Crippen LogP contribution in [0.3, 0.4) is 0 Å². The molecule has 1 aromatic carbocycles. The molecule has 1 fully saturated rings. The molecule has 0 spiro atoms. The highest BCUT2D eigenvalue weighted by Crippen LogP contribution is 2.40. The SMILES string of the molecule is CN(Cn1nc(-c2cccs2)n(C2CC2)c1=S)C1CCc2ccccc21. The number of aromatic nitrogens is 3. The van der Waals surface area contributed by atoms with Crippen LogP contribution < -0.4 is 0 Å². The van der Waals surface area contributed by atoms with E-state index in [-0.39, 0.29) is 0 Å². The lowest BCUT2D eigenvalue weighted by Gasteiger charge is -2.24. The van der Waals surface area contributed by atoms with Crippen molar-refractivity contribution in [1.29, 1.82) is 0 Å². The van der Waals surface area contributed by atoms with Gasteiger partial charge >= 0.3 is 0 Å². The van der Waals surface area contributed by atoms with Gasteiger partial charge in [0.05, 0.1) is 11.5 Å². The number of nitrogens with zero attached hydrogens (tertiary/aromatic N) is 4. The van der Waals surface area contributed by atoms with Gasteiger partial charge in [-0.05, 0) is 67.5 Å². The highest BCUT2D eigenvalue weighted by atomic mass is 32.1. The average Bonchev–Trinajstić information content (AvgIpc) is 3.08. The largest absolute Gasteiger partial charge is 0.296 e. The zero-order valence-electron chi connectivity index (χ0n) is 14.8. The van der Waals surface area contributed by atoms with Crippen molar-refractivity contribution in [3.63, 3.8) is 0 Å². The lowest BCUT2D eigenvalue weighted by atomic mass is 10.1. The molecule has 4 nitrogen and oxygen atoms in total. The topological polar surface area (TPSA) is 26.0 Å². The van der Waals surface area contributed by atoms with Crippen LogP contribution >= 0.6 is 23.6 Å². The first-order chi connectivity index (χ1) is 12.7. The molecule has 2 heterocycles. The van der Waals surface area contributed by atoms with Crippen LogP contribution in [0.25, 0.3) is 10.7 Å². The predicted molar refractivity (Wildman–Crippen MR) is 108 cm³/mol. The van der Waals surface area contributed by atoms with Gasteiger partial charge in [0.25, 0.3) is 0 Å². The van der Waals surface area contributed by atoms with E-state index in [2.05, 4.69) is 58.3 Å². The number of rotatable bonds is 5. The molecule has 0 saturated heterocycles. The molecule has 6 heteroatoms. The van der Waals surface area contributed by atoms with E-state index in [1.165, 1.54) is 35.3 Å². The van der Waals surface area contributed by atoms with E-state index in [0.29, 0.717) is 12.1 Å². The van der Waals surface area contributed by atoms with Gasteiger partial charge in [-0.2, -0.15) is 0 Å². The Bertz CT molecular complexity index is 982. The minimum absolute atomic E-state index is 0.448. The second-order valence-corrected chi connectivity index (χ2v) is 8.65. The fourth-order valence-corrected chi connectivity index (χ4v) is 5.09. The van der Waals surface area contributed by atoms with E-state index in [0.717, 1.165) is 23.7 Å². The van der Waals surface area contributed by atoms with Crippen molar-refractivity contribution in [2.45, 2.75) is 44.4 Å². The summed E-state index contributed by atoms with van der Waals surface area (Å²) < 4.78 is 5.15. The second-order valence-electron chi connectivity index (χ2n) is 7.34. The number of thiophene rings is 1. The van der Waals surface area contributed by atoms with Gasteiger partial charge in [0.15, 0.2) is 10.6 Å². The van der Waals surface area contributed by atoms with Crippen molar-refractivity contribution in [3.8, 4) is 10.7 Å². The Morgan fingerprint density at radius 2 is 2.04 bits per heavy atom. The Kier molecular flexibility index (Phi) is 4.07. The summed E-state index contributed by atoms with van der Waals surface area (Å²) in [5.41, 5.74) is 2.94. The van der Waals surface area contributed by atoms with Crippen LogP contribution in [0.4, 0.5) is 0 Å². The van der Waals surface area contributed by atoms with E-state index in [1.807, 2.05) is 4.68 Å². The maximum Gasteiger partial charge on any atom is 0.199 e. The normalized spacial score (nSPS) is 19.2. The molecule has 134 valence electrons. The first-order valence-electron chi connectivity index (χ1n) is 9.23. The van der Waals surface area contributed by atoms with Crippen LogP contribution in [0.5, 0.6) is 0 Å². The van der Waals surface area contributed by atoms with E-state index in [9.17, 15) is 0 Å². The van der Waals surface area contributed by atoms with Gasteiger partial charge < -0.3 is 0 Å². The number of benzene rings is 1. The van der Waals surface area contributed by atoms with E-state index >= 15 is 0 Å². The zero-order chi connectivity index (χ0) is 17.7. The first kappa shape index (κ1) is 16.4. The lowest BCUT2D eigenvalue weighted by molar-refractivity contribution is 0.182. The third-order valence-electron chi connectivity index (χ3n) is 5.51. The maximum atomic E-state index is 5.82. The molecule has 0 radical (unpaired) electrons. The Morgan fingerprint density at radius 3 is 2.81 bits per heavy atom. The minimum Gasteiger partial charge on any atom is -0.296 e. The van der Waals surface area contributed by atoms with Crippen LogP contribution in [0.15, 0.2) is 41.8 Å². The van der Waals surface area contributed by atoms with Gasteiger partial charge in [0.1, 0.15) is 0 Å². The Morgan fingerprint density at radius 1 is 1.19 bits per heavy atom. The summed E-state index contributed by atoms with van der Waals surface area (Å²) in [5.74, 6) is 1.03. The highest BCUT2D eigenvalue weighted by Gasteiger charge is 2.30. The molecule has 1 atom stereocenters. The fraction of sp³-hybridized carbons (Fsp3) is 0.400. The lowest BCUT2D eigenvalue weighted by Crippen LogP contribution is -2.26. The molecule has 1 unspecified atom stereocenters. The molecular weight excluding hydrogens is 360 g/mol. The number of hydrogen-bond donors (Lipinski definition) is 0. The van der Waals surface area contributed by atoms with Crippen molar-refractivity contribution in [3.05, 3.63) is 57.7 Å². The van der Waals surface area contributed by atoms with Crippen LogP contribution in [-0.4, -0.2) is 26.3 Å². The van der Waals surface area contributed by atoms with Crippen molar-refractivity contribution in [1.82, 2.24) is 19.2 Å². The molecule has 2 aromatic heterocycles. The molecule has 3 aromatic rings. The zero-order valence-corrected chi connectivity index (χ0v) is 16.5. The summed E-state index contributed by atoms with van der Waals surface area (Å²) in [6.07, 6.45) is 4.76. The van der Waals surface area contributed by atoms with Gasteiger partial charge in [-0.3, -0.25) is 9.47 Å². The monoisotopic (exact) mass is 382 g/mol. The molecule has 0 N–H and O–H groups in total. The first-order valence-corrected chi connectivity index (χ1v) is 10.5. The number of aryl methyl sites for hydroxylation is 1.